The first-order chi connectivity index (χ1) is 17.1. The summed E-state index contributed by atoms with van der Waals surface area (Å²) in [5.41, 5.74) is 6.14. The molecular formula is C29H25N5O. The van der Waals surface area contributed by atoms with Gasteiger partial charge in [0.1, 0.15) is 0 Å². The molecule has 0 aliphatic carbocycles. The number of carbonyl (C=O) groups excluding carboxylic acids is 1. The summed E-state index contributed by atoms with van der Waals surface area (Å²) < 4.78 is 1.91. The molecule has 0 saturated heterocycles. The third-order valence-electron chi connectivity index (χ3n) is 6.19. The number of ketones is 1. The van der Waals surface area contributed by atoms with Crippen molar-refractivity contribution in [1.82, 2.24) is 19.9 Å². The number of H-pyrrole nitrogens is 1. The maximum absolute atomic E-state index is 13.8. The van der Waals surface area contributed by atoms with Crippen molar-refractivity contribution in [3.05, 3.63) is 114 Å². The second-order valence-corrected chi connectivity index (χ2v) is 8.61. The van der Waals surface area contributed by atoms with Gasteiger partial charge >= 0.3 is 0 Å². The smallest absolute Gasteiger partial charge is 0.186 e. The lowest BCUT2D eigenvalue weighted by Gasteiger charge is -2.18. The van der Waals surface area contributed by atoms with Gasteiger partial charge in [0.2, 0.25) is 0 Å². The lowest BCUT2D eigenvalue weighted by molar-refractivity contribution is 0.0945. The van der Waals surface area contributed by atoms with Gasteiger partial charge in [-0.15, -0.1) is 0 Å². The lowest BCUT2D eigenvalue weighted by atomic mass is 9.96. The predicted molar refractivity (Wildman–Crippen MR) is 137 cm³/mol. The Balaban J connectivity index is 1.39. The maximum Gasteiger partial charge on any atom is 0.186 e. The van der Waals surface area contributed by atoms with Crippen LogP contribution in [0.2, 0.25) is 0 Å². The number of fused-ring (bicyclic) bond motifs is 1. The van der Waals surface area contributed by atoms with E-state index in [9.17, 15) is 4.79 Å². The Bertz CT molecular complexity index is 1510. The predicted octanol–water partition coefficient (Wildman–Crippen LogP) is 5.20. The van der Waals surface area contributed by atoms with Crippen LogP contribution in [0.3, 0.4) is 0 Å². The van der Waals surface area contributed by atoms with Crippen molar-refractivity contribution in [2.24, 2.45) is 7.05 Å². The molecule has 0 unspecified atom stereocenters. The Morgan fingerprint density at radius 3 is 2.63 bits per heavy atom. The van der Waals surface area contributed by atoms with Gasteiger partial charge in [-0.1, -0.05) is 54.6 Å². The number of nitriles is 1. The van der Waals surface area contributed by atoms with E-state index in [-0.39, 0.29) is 5.78 Å². The van der Waals surface area contributed by atoms with E-state index in [1.807, 2.05) is 90.6 Å². The maximum atomic E-state index is 13.8. The number of Topliss-reactive ketones (excluding diaryl/α,β-unsaturated/α-hetero) is 1. The number of benzene rings is 3. The quantitative estimate of drug-likeness (QED) is 0.313. The van der Waals surface area contributed by atoms with E-state index in [1.54, 1.807) is 12.5 Å². The first kappa shape index (κ1) is 22.3. The number of imidazole rings is 1. The Kier molecular flexibility index (Phi) is 6.25. The minimum absolute atomic E-state index is 0.0212. The van der Waals surface area contributed by atoms with Gasteiger partial charge in [-0.05, 0) is 35.7 Å². The van der Waals surface area contributed by atoms with Crippen molar-refractivity contribution < 1.29 is 4.79 Å². The highest BCUT2D eigenvalue weighted by Crippen LogP contribution is 2.28. The molecule has 0 aliphatic heterocycles. The molecule has 1 atom stereocenters. The summed E-state index contributed by atoms with van der Waals surface area (Å²) >= 11 is 0. The van der Waals surface area contributed by atoms with Gasteiger partial charge in [0.15, 0.2) is 5.78 Å². The van der Waals surface area contributed by atoms with Gasteiger partial charge in [-0.3, -0.25) is 4.79 Å². The van der Waals surface area contributed by atoms with Crippen molar-refractivity contribution in [2.45, 2.75) is 12.5 Å². The summed E-state index contributed by atoms with van der Waals surface area (Å²) in [6.07, 6.45) is 6.30. The zero-order chi connectivity index (χ0) is 24.2. The number of rotatable bonds is 8. The average molecular weight is 460 g/mol. The molecule has 0 saturated carbocycles. The zero-order valence-corrected chi connectivity index (χ0v) is 19.4. The zero-order valence-electron chi connectivity index (χ0n) is 19.4. The van der Waals surface area contributed by atoms with E-state index in [2.05, 4.69) is 21.4 Å². The van der Waals surface area contributed by atoms with Gasteiger partial charge in [-0.25, -0.2) is 4.98 Å². The first-order valence-electron chi connectivity index (χ1n) is 11.5. The molecule has 6 nitrogen and oxygen atoms in total. The van der Waals surface area contributed by atoms with Crippen LogP contribution in [-0.4, -0.2) is 26.9 Å². The molecule has 3 aromatic carbocycles. The van der Waals surface area contributed by atoms with E-state index in [0.29, 0.717) is 17.7 Å². The summed E-state index contributed by atoms with van der Waals surface area (Å²) in [4.78, 5) is 21.5. The molecule has 172 valence electrons. The number of aryl methyl sites for hydroxylation is 1. The molecule has 6 heteroatoms. The van der Waals surface area contributed by atoms with Crippen LogP contribution in [0.15, 0.2) is 91.5 Å². The molecule has 35 heavy (non-hydrogen) atoms. The monoisotopic (exact) mass is 459 g/mol. The number of hydrogen-bond acceptors (Lipinski definition) is 4. The molecule has 0 bridgehead atoms. The minimum atomic E-state index is -0.468. The van der Waals surface area contributed by atoms with Crippen molar-refractivity contribution in [2.75, 3.05) is 6.54 Å². The Morgan fingerprint density at radius 1 is 1.11 bits per heavy atom. The summed E-state index contributed by atoms with van der Waals surface area (Å²) in [6, 6.07) is 25.1. The normalized spacial score (nSPS) is 11.9. The highest BCUT2D eigenvalue weighted by atomic mass is 16.1. The highest BCUT2D eigenvalue weighted by Gasteiger charge is 2.24. The first-order valence-corrected chi connectivity index (χ1v) is 11.5. The van der Waals surface area contributed by atoms with Crippen molar-refractivity contribution in [3.63, 3.8) is 0 Å². The third-order valence-corrected chi connectivity index (χ3v) is 6.19. The van der Waals surface area contributed by atoms with Crippen LogP contribution in [0.4, 0.5) is 0 Å². The van der Waals surface area contributed by atoms with Crippen molar-refractivity contribution in [3.8, 4) is 17.3 Å². The van der Waals surface area contributed by atoms with Crippen LogP contribution >= 0.6 is 0 Å². The average Bonchev–Trinajstić information content (AvgIpc) is 3.53. The van der Waals surface area contributed by atoms with Crippen LogP contribution < -0.4 is 5.32 Å². The van der Waals surface area contributed by atoms with Crippen molar-refractivity contribution in [1.29, 1.82) is 5.26 Å². The number of aromatic amines is 1. The molecule has 5 rings (SSSR count). The summed E-state index contributed by atoms with van der Waals surface area (Å²) in [5.74, 6) is 0.0212. The van der Waals surface area contributed by atoms with Crippen molar-refractivity contribution >= 4 is 16.7 Å². The summed E-state index contributed by atoms with van der Waals surface area (Å²) in [5, 5.41) is 13.4. The molecule has 2 N–H and O–H groups in total. The van der Waals surface area contributed by atoms with Gasteiger partial charge < -0.3 is 14.9 Å². The minimum Gasteiger partial charge on any atom is -0.360 e. The summed E-state index contributed by atoms with van der Waals surface area (Å²) in [6.45, 7) is 0.628. The fraction of sp³-hybridized carbons (Fsp3) is 0.138. The molecule has 5 aromatic rings. The molecule has 2 aromatic heterocycles. The third kappa shape index (κ3) is 4.77. The number of aromatic nitrogens is 3. The van der Waals surface area contributed by atoms with E-state index in [0.717, 1.165) is 39.7 Å². The molecule has 0 spiro atoms. The second-order valence-electron chi connectivity index (χ2n) is 8.61. The fourth-order valence-corrected chi connectivity index (χ4v) is 4.32. The molecule has 0 amide bonds. The molecule has 0 radical (unpaired) electrons. The molecule has 0 aliphatic rings. The summed E-state index contributed by atoms with van der Waals surface area (Å²) in [7, 11) is 1.94. The number of carbonyl (C=O) groups is 1. The topological polar surface area (TPSA) is 86.5 Å². The number of hydrogen-bond donors (Lipinski definition) is 2. The van der Waals surface area contributed by atoms with Gasteiger partial charge in [0.05, 0.1) is 29.7 Å². The van der Waals surface area contributed by atoms with Crippen LogP contribution in [0.5, 0.6) is 0 Å². The Hall–Kier alpha value is -4.47. The van der Waals surface area contributed by atoms with Crippen LogP contribution in [-0.2, 0) is 13.5 Å². The Morgan fingerprint density at radius 2 is 1.91 bits per heavy atom. The van der Waals surface area contributed by atoms with Gasteiger partial charge in [0, 0.05) is 48.0 Å². The Labute approximate surface area is 203 Å². The highest BCUT2D eigenvalue weighted by molar-refractivity contribution is 6.11. The van der Waals surface area contributed by atoms with Gasteiger partial charge in [0.25, 0.3) is 0 Å². The molecular weight excluding hydrogens is 434 g/mol. The van der Waals surface area contributed by atoms with E-state index < -0.39 is 6.04 Å². The molecule has 0 fully saturated rings. The largest absolute Gasteiger partial charge is 0.360 e. The van der Waals surface area contributed by atoms with Gasteiger partial charge in [-0.2, -0.15) is 5.26 Å². The van der Waals surface area contributed by atoms with Crippen LogP contribution in [0, 0.1) is 11.3 Å². The van der Waals surface area contributed by atoms with E-state index in [1.165, 1.54) is 0 Å². The number of nitrogens with one attached hydrogen (secondary N) is 2. The van der Waals surface area contributed by atoms with E-state index >= 15 is 0 Å². The SMILES string of the molecule is Cn1cnc(-c2ccc3c(C(=O)[C@@H](NCCc4ccc(C#N)cc4)c4ccccc4)c[nH]c3c2)c1. The van der Waals surface area contributed by atoms with Crippen LogP contribution in [0.25, 0.3) is 22.2 Å². The van der Waals surface area contributed by atoms with E-state index in [4.69, 9.17) is 5.26 Å². The number of nitrogens with zero attached hydrogens (tertiary/aromatic N) is 3. The van der Waals surface area contributed by atoms with Crippen LogP contribution in [0.1, 0.15) is 33.1 Å². The standard InChI is InChI=1S/C29H25N5O/c1-34-18-27(33-19-34)23-11-12-24-25(17-32-26(24)15-23)29(35)28(22-5-3-2-4-6-22)31-14-13-20-7-9-21(16-30)10-8-20/h2-12,15,17-19,28,31-32H,13-14H2,1H3/t28-/m0/s1. The molecule has 2 heterocycles. The fourth-order valence-electron chi connectivity index (χ4n) is 4.32. The second kappa shape index (κ2) is 9.80. The lowest BCUT2D eigenvalue weighted by Crippen LogP contribution is -2.30.